The SMILES string of the molecule is CC1c2ccsc2CCN1Cc1cc(F)cc(C(N)=S)c1. The van der Waals surface area contributed by atoms with Gasteiger partial charge in [0, 0.05) is 29.6 Å². The number of fused-ring (bicyclic) bond motifs is 1. The van der Waals surface area contributed by atoms with Crippen LogP contribution in [-0.4, -0.2) is 16.4 Å². The van der Waals surface area contributed by atoms with Crippen molar-refractivity contribution in [2.24, 2.45) is 5.73 Å². The first kappa shape index (κ1) is 14.6. The maximum Gasteiger partial charge on any atom is 0.124 e. The van der Waals surface area contributed by atoms with Crippen LogP contribution in [0.5, 0.6) is 0 Å². The van der Waals surface area contributed by atoms with Crippen LogP contribution in [0.2, 0.25) is 0 Å². The summed E-state index contributed by atoms with van der Waals surface area (Å²) in [7, 11) is 0. The van der Waals surface area contributed by atoms with Gasteiger partial charge in [-0.05, 0) is 54.1 Å². The molecule has 0 radical (unpaired) electrons. The predicted molar refractivity (Wildman–Crippen MR) is 89.1 cm³/mol. The van der Waals surface area contributed by atoms with E-state index in [1.807, 2.05) is 17.4 Å². The van der Waals surface area contributed by atoms with E-state index in [1.54, 1.807) is 6.07 Å². The Morgan fingerprint density at radius 1 is 1.48 bits per heavy atom. The average molecular weight is 320 g/mol. The molecule has 0 spiro atoms. The number of nitrogens with two attached hydrogens (primary N) is 1. The van der Waals surface area contributed by atoms with Crippen LogP contribution < -0.4 is 5.73 Å². The van der Waals surface area contributed by atoms with Gasteiger partial charge in [-0.15, -0.1) is 11.3 Å². The van der Waals surface area contributed by atoms with E-state index in [0.29, 0.717) is 18.2 Å². The molecule has 2 heterocycles. The van der Waals surface area contributed by atoms with Gasteiger partial charge in [0.15, 0.2) is 0 Å². The van der Waals surface area contributed by atoms with Crippen LogP contribution in [0, 0.1) is 5.82 Å². The minimum Gasteiger partial charge on any atom is -0.389 e. The molecule has 2 nitrogen and oxygen atoms in total. The Kier molecular flexibility index (Phi) is 4.06. The maximum atomic E-state index is 13.7. The smallest absolute Gasteiger partial charge is 0.124 e. The maximum absolute atomic E-state index is 13.7. The van der Waals surface area contributed by atoms with Crippen molar-refractivity contribution in [2.45, 2.75) is 25.9 Å². The van der Waals surface area contributed by atoms with Crippen LogP contribution in [0.15, 0.2) is 29.6 Å². The van der Waals surface area contributed by atoms with Crippen LogP contribution in [0.1, 0.15) is 34.5 Å². The van der Waals surface area contributed by atoms with Gasteiger partial charge >= 0.3 is 0 Å². The van der Waals surface area contributed by atoms with Crippen molar-refractivity contribution in [3.05, 3.63) is 57.0 Å². The van der Waals surface area contributed by atoms with E-state index in [2.05, 4.69) is 23.3 Å². The Morgan fingerprint density at radius 2 is 2.29 bits per heavy atom. The van der Waals surface area contributed by atoms with Gasteiger partial charge in [-0.2, -0.15) is 0 Å². The van der Waals surface area contributed by atoms with E-state index in [4.69, 9.17) is 18.0 Å². The molecule has 1 aliphatic rings. The standard InChI is InChI=1S/C16H17FN2S2/c1-10-14-3-5-21-15(14)2-4-19(10)9-11-6-12(16(18)20)8-13(17)7-11/h3,5-8,10H,2,4,9H2,1H3,(H2,18,20). The molecule has 1 aliphatic heterocycles. The molecule has 3 rings (SSSR count). The van der Waals surface area contributed by atoms with E-state index in [1.165, 1.54) is 16.5 Å². The Bertz CT molecular complexity index is 681. The summed E-state index contributed by atoms with van der Waals surface area (Å²) in [6, 6.07) is 7.40. The van der Waals surface area contributed by atoms with Crippen LogP contribution in [-0.2, 0) is 13.0 Å². The Labute approximate surface area is 133 Å². The largest absolute Gasteiger partial charge is 0.389 e. The number of thiophene rings is 1. The summed E-state index contributed by atoms with van der Waals surface area (Å²) in [4.78, 5) is 4.08. The van der Waals surface area contributed by atoms with Gasteiger partial charge in [0.25, 0.3) is 0 Å². The second-order valence-corrected chi connectivity index (χ2v) is 6.85. The number of thiocarbonyl (C=S) groups is 1. The molecule has 0 aliphatic carbocycles. The monoisotopic (exact) mass is 320 g/mol. The van der Waals surface area contributed by atoms with Crippen LogP contribution in [0.25, 0.3) is 0 Å². The first-order valence-corrected chi connectivity index (χ1v) is 8.23. The molecule has 0 saturated heterocycles. The van der Waals surface area contributed by atoms with Gasteiger partial charge in [-0.1, -0.05) is 12.2 Å². The van der Waals surface area contributed by atoms with E-state index in [9.17, 15) is 4.39 Å². The second-order valence-electron chi connectivity index (χ2n) is 5.41. The summed E-state index contributed by atoms with van der Waals surface area (Å²) in [5.41, 5.74) is 8.53. The Balaban J connectivity index is 1.83. The number of nitrogens with zero attached hydrogens (tertiary/aromatic N) is 1. The molecule has 110 valence electrons. The van der Waals surface area contributed by atoms with Crippen molar-refractivity contribution in [2.75, 3.05) is 6.54 Å². The normalized spacial score (nSPS) is 18.5. The summed E-state index contributed by atoms with van der Waals surface area (Å²) >= 11 is 6.77. The van der Waals surface area contributed by atoms with E-state index in [-0.39, 0.29) is 10.8 Å². The number of rotatable bonds is 3. The number of hydrogen-bond acceptors (Lipinski definition) is 3. The second kappa shape index (κ2) is 5.83. The van der Waals surface area contributed by atoms with E-state index in [0.717, 1.165) is 18.5 Å². The van der Waals surface area contributed by atoms with E-state index >= 15 is 0 Å². The third kappa shape index (κ3) is 3.00. The minimum absolute atomic E-state index is 0.238. The fourth-order valence-electron chi connectivity index (χ4n) is 2.90. The van der Waals surface area contributed by atoms with Gasteiger partial charge in [0.05, 0.1) is 0 Å². The highest BCUT2D eigenvalue weighted by Gasteiger charge is 2.24. The zero-order valence-electron chi connectivity index (χ0n) is 11.8. The lowest BCUT2D eigenvalue weighted by molar-refractivity contribution is 0.191. The lowest BCUT2D eigenvalue weighted by Gasteiger charge is -2.33. The highest BCUT2D eigenvalue weighted by molar-refractivity contribution is 7.80. The highest BCUT2D eigenvalue weighted by Crippen LogP contribution is 2.33. The van der Waals surface area contributed by atoms with Gasteiger partial charge < -0.3 is 5.73 Å². The van der Waals surface area contributed by atoms with Gasteiger partial charge in [0.1, 0.15) is 10.8 Å². The fourth-order valence-corrected chi connectivity index (χ4v) is 3.98. The van der Waals surface area contributed by atoms with Crippen molar-refractivity contribution < 1.29 is 4.39 Å². The highest BCUT2D eigenvalue weighted by atomic mass is 32.1. The molecule has 0 bridgehead atoms. The molecule has 2 aromatic rings. The Morgan fingerprint density at radius 3 is 3.05 bits per heavy atom. The number of benzene rings is 1. The molecule has 21 heavy (non-hydrogen) atoms. The Hall–Kier alpha value is -1.30. The predicted octanol–water partition coefficient (Wildman–Crippen LogP) is 3.64. The quantitative estimate of drug-likeness (QED) is 0.876. The topological polar surface area (TPSA) is 29.3 Å². The van der Waals surface area contributed by atoms with Gasteiger partial charge in [-0.25, -0.2) is 4.39 Å². The summed E-state index contributed by atoms with van der Waals surface area (Å²) in [5, 5.41) is 2.15. The minimum atomic E-state index is -0.281. The number of hydrogen-bond donors (Lipinski definition) is 1. The van der Waals surface area contributed by atoms with Crippen LogP contribution in [0.3, 0.4) is 0 Å². The average Bonchev–Trinajstić information content (AvgIpc) is 2.90. The molecule has 1 aromatic carbocycles. The summed E-state index contributed by atoms with van der Waals surface area (Å²) in [6.07, 6.45) is 1.06. The molecule has 1 aromatic heterocycles. The molecule has 1 atom stereocenters. The van der Waals surface area contributed by atoms with Gasteiger partial charge in [-0.3, -0.25) is 4.90 Å². The lowest BCUT2D eigenvalue weighted by Crippen LogP contribution is -2.32. The molecule has 0 amide bonds. The van der Waals surface area contributed by atoms with Crippen LogP contribution >= 0.6 is 23.6 Å². The number of halogens is 1. The first-order chi connectivity index (χ1) is 10.0. The lowest BCUT2D eigenvalue weighted by atomic mass is 10.0. The van der Waals surface area contributed by atoms with Gasteiger partial charge in [0.2, 0.25) is 0 Å². The van der Waals surface area contributed by atoms with Crippen molar-refractivity contribution in [1.29, 1.82) is 0 Å². The molecular formula is C16H17FN2S2. The molecule has 1 unspecified atom stereocenters. The van der Waals surface area contributed by atoms with Crippen LogP contribution in [0.4, 0.5) is 4.39 Å². The zero-order chi connectivity index (χ0) is 15.0. The summed E-state index contributed by atoms with van der Waals surface area (Å²) < 4.78 is 13.7. The van der Waals surface area contributed by atoms with Crippen molar-refractivity contribution in [3.63, 3.8) is 0 Å². The third-order valence-electron chi connectivity index (χ3n) is 4.03. The first-order valence-electron chi connectivity index (χ1n) is 6.94. The summed E-state index contributed by atoms with van der Waals surface area (Å²) in [6.45, 7) is 3.91. The molecule has 0 saturated carbocycles. The fraction of sp³-hybridized carbons (Fsp3) is 0.312. The summed E-state index contributed by atoms with van der Waals surface area (Å²) in [5.74, 6) is -0.281. The van der Waals surface area contributed by atoms with Crippen molar-refractivity contribution in [3.8, 4) is 0 Å². The molecular weight excluding hydrogens is 303 g/mol. The molecule has 0 fully saturated rings. The molecule has 5 heteroatoms. The molecule has 2 N–H and O–H groups in total. The third-order valence-corrected chi connectivity index (χ3v) is 5.26. The van der Waals surface area contributed by atoms with Crippen molar-refractivity contribution in [1.82, 2.24) is 4.90 Å². The zero-order valence-corrected chi connectivity index (χ0v) is 13.4. The van der Waals surface area contributed by atoms with E-state index < -0.39 is 0 Å². The van der Waals surface area contributed by atoms with Crippen molar-refractivity contribution >= 4 is 28.5 Å².